The van der Waals surface area contributed by atoms with Crippen LogP contribution in [0.15, 0.2) is 18.6 Å². The summed E-state index contributed by atoms with van der Waals surface area (Å²) < 4.78 is 13.2. The van der Waals surface area contributed by atoms with E-state index in [1.54, 1.807) is 0 Å². The van der Waals surface area contributed by atoms with Gasteiger partial charge in [0, 0.05) is 18.8 Å². The van der Waals surface area contributed by atoms with Crippen molar-refractivity contribution in [3.63, 3.8) is 0 Å². The first-order chi connectivity index (χ1) is 13.4. The van der Waals surface area contributed by atoms with Gasteiger partial charge in [0.1, 0.15) is 11.7 Å². The van der Waals surface area contributed by atoms with Crippen LogP contribution in [0, 0.1) is 5.41 Å². The van der Waals surface area contributed by atoms with Gasteiger partial charge < -0.3 is 11.1 Å². The molecule has 0 bridgehead atoms. The maximum atomic E-state index is 13.2. The van der Waals surface area contributed by atoms with Crippen molar-refractivity contribution >= 4 is 35.2 Å². The van der Waals surface area contributed by atoms with Gasteiger partial charge in [-0.15, -0.1) is 0 Å². The van der Waals surface area contributed by atoms with Crippen LogP contribution in [0.25, 0.3) is 0 Å². The summed E-state index contributed by atoms with van der Waals surface area (Å²) in [5.41, 5.74) is 4.39. The molecule has 0 radical (unpaired) electrons. The molecule has 0 aliphatic heterocycles. The molecule has 2 unspecified atom stereocenters. The number of alkyl halides is 2. The summed E-state index contributed by atoms with van der Waals surface area (Å²) in [4.78, 5) is 55.6. The quantitative estimate of drug-likeness (QED) is 0.398. The van der Waals surface area contributed by atoms with Crippen molar-refractivity contribution in [1.82, 2.24) is 25.7 Å². The van der Waals surface area contributed by atoms with Crippen molar-refractivity contribution in [3.8, 4) is 0 Å². The summed E-state index contributed by atoms with van der Waals surface area (Å²) >= 11 is 5.16. The second-order valence-electron chi connectivity index (χ2n) is 7.36. The monoisotopic (exact) mass is 430 g/mol. The first-order valence-electron chi connectivity index (χ1n) is 8.66. The van der Waals surface area contributed by atoms with E-state index < -0.39 is 40.7 Å². The normalized spacial score (nSPS) is 13.1. The van der Waals surface area contributed by atoms with Crippen molar-refractivity contribution in [1.29, 1.82) is 0 Å². The Kier molecular flexibility index (Phi) is 8.89. The number of hydrogen-bond acceptors (Lipinski definition) is 6. The van der Waals surface area contributed by atoms with Gasteiger partial charge in [-0.2, -0.15) is 0 Å². The number of hydrogen-bond donors (Lipinski definition) is 3. The van der Waals surface area contributed by atoms with Crippen molar-refractivity contribution in [3.05, 3.63) is 24.3 Å². The van der Waals surface area contributed by atoms with Crippen molar-refractivity contribution in [2.24, 2.45) is 11.1 Å². The van der Waals surface area contributed by atoms with Crippen LogP contribution in [0.2, 0.25) is 0 Å². The Morgan fingerprint density at radius 2 is 1.93 bits per heavy atom. The SMILES string of the molecule is CC(C)(C)CC(NC(=O)c1cnccn1)C(=O)NN(CCC(N)=O)C(=O)C(F)Cl. The van der Waals surface area contributed by atoms with Crippen LogP contribution in [-0.2, 0) is 14.4 Å². The molecule has 1 heterocycles. The molecule has 0 spiro atoms. The van der Waals surface area contributed by atoms with Gasteiger partial charge in [0.2, 0.25) is 5.91 Å². The molecule has 1 aromatic rings. The van der Waals surface area contributed by atoms with Crippen molar-refractivity contribution in [2.45, 2.75) is 45.3 Å². The van der Waals surface area contributed by atoms with E-state index in [1.165, 1.54) is 18.6 Å². The Morgan fingerprint density at radius 3 is 2.41 bits per heavy atom. The number of nitrogens with zero attached hydrogens (tertiary/aromatic N) is 3. The Balaban J connectivity index is 2.99. The van der Waals surface area contributed by atoms with E-state index in [4.69, 9.17) is 17.3 Å². The predicted molar refractivity (Wildman–Crippen MR) is 102 cm³/mol. The molecule has 4 N–H and O–H groups in total. The highest BCUT2D eigenvalue weighted by Gasteiger charge is 2.31. The third kappa shape index (κ3) is 8.81. The molecule has 0 aromatic carbocycles. The topological polar surface area (TPSA) is 147 Å². The molecule has 1 rings (SSSR count). The van der Waals surface area contributed by atoms with Gasteiger partial charge in [-0.05, 0) is 11.8 Å². The minimum Gasteiger partial charge on any atom is -0.370 e. The van der Waals surface area contributed by atoms with E-state index in [0.29, 0.717) is 5.01 Å². The molecule has 4 amide bonds. The first-order valence-corrected chi connectivity index (χ1v) is 9.09. The zero-order valence-corrected chi connectivity index (χ0v) is 17.1. The van der Waals surface area contributed by atoms with Crippen LogP contribution in [-0.4, -0.2) is 56.8 Å². The molecule has 0 aliphatic carbocycles. The van der Waals surface area contributed by atoms with Gasteiger partial charge in [-0.1, -0.05) is 32.4 Å². The minimum atomic E-state index is -2.43. The Hall–Kier alpha value is -2.82. The second-order valence-corrected chi connectivity index (χ2v) is 7.75. The number of carbonyl (C=O) groups excluding carboxylic acids is 4. The first kappa shape index (κ1) is 24.2. The van der Waals surface area contributed by atoms with Crippen LogP contribution in [0.3, 0.4) is 0 Å². The van der Waals surface area contributed by atoms with Gasteiger partial charge in [0.25, 0.3) is 23.4 Å². The molecule has 12 heteroatoms. The number of aromatic nitrogens is 2. The smallest absolute Gasteiger partial charge is 0.291 e. The number of nitrogens with two attached hydrogens (primary N) is 1. The third-order valence-electron chi connectivity index (χ3n) is 3.51. The van der Waals surface area contributed by atoms with E-state index >= 15 is 0 Å². The summed E-state index contributed by atoms with van der Waals surface area (Å²) in [6.45, 7) is 5.14. The van der Waals surface area contributed by atoms with Crippen LogP contribution in [0.4, 0.5) is 4.39 Å². The maximum Gasteiger partial charge on any atom is 0.291 e. The number of hydrazine groups is 1. The molecule has 29 heavy (non-hydrogen) atoms. The Morgan fingerprint density at radius 1 is 1.28 bits per heavy atom. The largest absolute Gasteiger partial charge is 0.370 e. The van der Waals surface area contributed by atoms with Crippen molar-refractivity contribution < 1.29 is 23.6 Å². The minimum absolute atomic E-state index is 0.00884. The highest BCUT2D eigenvalue weighted by atomic mass is 35.5. The average Bonchev–Trinajstić information content (AvgIpc) is 2.63. The molecule has 0 aliphatic rings. The summed E-state index contributed by atoms with van der Waals surface area (Å²) in [7, 11) is 0. The molecule has 0 saturated carbocycles. The number of amides is 4. The Bertz CT molecular complexity index is 741. The lowest BCUT2D eigenvalue weighted by Gasteiger charge is -2.29. The number of nitrogens with one attached hydrogen (secondary N) is 2. The lowest BCUT2D eigenvalue weighted by atomic mass is 9.87. The van der Waals surface area contributed by atoms with Crippen LogP contribution >= 0.6 is 11.6 Å². The van der Waals surface area contributed by atoms with Crippen LogP contribution in [0.1, 0.15) is 44.1 Å². The molecule has 0 fully saturated rings. The van der Waals surface area contributed by atoms with E-state index in [0.717, 1.165) is 0 Å². The standard InChI is InChI=1S/C17H24ClFN6O4/c1-17(2,3)8-10(23-14(27)11-9-21-5-6-22-11)15(28)24-25(7-4-12(20)26)16(29)13(18)19/h5-6,9-10,13H,4,7-8H2,1-3H3,(H2,20,26)(H,23,27)(H,24,28). The fraction of sp³-hybridized carbons (Fsp3) is 0.529. The second kappa shape index (κ2) is 10.6. The summed E-state index contributed by atoms with van der Waals surface area (Å²) in [6, 6.07) is -1.10. The van der Waals surface area contributed by atoms with Gasteiger partial charge in [-0.25, -0.2) is 14.4 Å². The average molecular weight is 431 g/mol. The molecular formula is C17H24ClFN6O4. The zero-order valence-electron chi connectivity index (χ0n) is 16.3. The number of primary amides is 1. The number of carbonyl (C=O) groups is 4. The van der Waals surface area contributed by atoms with E-state index in [2.05, 4.69) is 20.7 Å². The van der Waals surface area contributed by atoms with Crippen molar-refractivity contribution in [2.75, 3.05) is 6.54 Å². The molecule has 10 nitrogen and oxygen atoms in total. The zero-order chi connectivity index (χ0) is 22.2. The van der Waals surface area contributed by atoms with Gasteiger partial charge >= 0.3 is 0 Å². The molecule has 2 atom stereocenters. The van der Waals surface area contributed by atoms with E-state index in [9.17, 15) is 23.6 Å². The molecule has 160 valence electrons. The summed E-state index contributed by atoms with van der Waals surface area (Å²) in [5.74, 6) is -3.48. The van der Waals surface area contributed by atoms with E-state index in [-0.39, 0.29) is 25.1 Å². The van der Waals surface area contributed by atoms with E-state index in [1.807, 2.05) is 20.8 Å². The molecular weight excluding hydrogens is 407 g/mol. The summed E-state index contributed by atoms with van der Waals surface area (Å²) in [5, 5.41) is 3.08. The third-order valence-corrected chi connectivity index (χ3v) is 3.70. The van der Waals surface area contributed by atoms with Crippen LogP contribution in [0.5, 0.6) is 0 Å². The summed E-state index contributed by atoms with van der Waals surface area (Å²) in [6.07, 6.45) is 3.79. The fourth-order valence-electron chi connectivity index (χ4n) is 2.24. The lowest BCUT2D eigenvalue weighted by molar-refractivity contribution is -0.144. The maximum absolute atomic E-state index is 13.2. The number of rotatable bonds is 8. The number of halogens is 2. The van der Waals surface area contributed by atoms with Crippen LogP contribution < -0.4 is 16.5 Å². The Labute approximate surface area is 172 Å². The van der Waals surface area contributed by atoms with Gasteiger partial charge in [0.05, 0.1) is 12.7 Å². The van der Waals surface area contributed by atoms with Gasteiger partial charge in [-0.3, -0.25) is 29.6 Å². The molecule has 0 saturated heterocycles. The molecule has 1 aromatic heterocycles. The fourth-order valence-corrected chi connectivity index (χ4v) is 2.36. The predicted octanol–water partition coefficient (Wildman–Crippen LogP) is 0.281. The van der Waals surface area contributed by atoms with Gasteiger partial charge in [0.15, 0.2) is 0 Å². The highest BCUT2D eigenvalue weighted by Crippen LogP contribution is 2.21. The highest BCUT2D eigenvalue weighted by molar-refractivity contribution is 6.29. The lowest BCUT2D eigenvalue weighted by Crippen LogP contribution is -2.56.